The number of halogens is 1. The number of ketones is 1. The van der Waals surface area contributed by atoms with Gasteiger partial charge in [-0.2, -0.15) is 0 Å². The summed E-state index contributed by atoms with van der Waals surface area (Å²) in [5.41, 5.74) is 0.367. The van der Waals surface area contributed by atoms with Gasteiger partial charge in [0.05, 0.1) is 4.90 Å². The van der Waals surface area contributed by atoms with Gasteiger partial charge in [0.25, 0.3) is 0 Å². The highest BCUT2D eigenvalue weighted by Gasteiger charge is 2.12. The zero-order chi connectivity index (χ0) is 13.3. The van der Waals surface area contributed by atoms with Gasteiger partial charge in [0.1, 0.15) is 11.6 Å². The van der Waals surface area contributed by atoms with Gasteiger partial charge >= 0.3 is 0 Å². The molecule has 0 saturated carbocycles. The van der Waals surface area contributed by atoms with Crippen molar-refractivity contribution in [2.75, 3.05) is 0 Å². The Morgan fingerprint density at radius 1 is 1.39 bits per heavy atom. The lowest BCUT2D eigenvalue weighted by Gasteiger charge is -2.04. The summed E-state index contributed by atoms with van der Waals surface area (Å²) in [5.74, 6) is 0.187. The molecule has 1 aromatic carbocycles. The normalized spacial score (nSPS) is 10.7. The van der Waals surface area contributed by atoms with E-state index in [1.807, 2.05) is 14.0 Å². The second-order valence-electron chi connectivity index (χ2n) is 3.89. The molecule has 2 aromatic rings. The molecule has 0 radical (unpaired) electrons. The van der Waals surface area contributed by atoms with E-state index in [0.717, 1.165) is 5.82 Å². The third-order valence-electron chi connectivity index (χ3n) is 2.59. The molecule has 0 fully saturated rings. The largest absolute Gasteiger partial charge is 0.309 e. The number of hydrogen-bond donors (Lipinski definition) is 0. The Morgan fingerprint density at radius 3 is 2.61 bits per heavy atom. The minimum atomic E-state index is -0.423. The molecule has 18 heavy (non-hydrogen) atoms. The molecule has 6 heteroatoms. The van der Waals surface area contributed by atoms with Crippen LogP contribution in [-0.4, -0.2) is 20.5 Å². The standard InChI is InChI=1S/C12H12FN3OS/c1-7(17)9-4-5-11(10(13)6-9)18-12-15-14-8(2)16(12)3/h4-6H,1-3H3. The number of rotatable bonds is 3. The van der Waals surface area contributed by atoms with Crippen LogP contribution in [0.3, 0.4) is 0 Å². The van der Waals surface area contributed by atoms with Gasteiger partial charge in [0, 0.05) is 12.6 Å². The fraction of sp³-hybridized carbons (Fsp3) is 0.250. The van der Waals surface area contributed by atoms with Crippen LogP contribution in [0.5, 0.6) is 0 Å². The quantitative estimate of drug-likeness (QED) is 0.800. The Kier molecular flexibility index (Phi) is 3.47. The molecule has 0 bridgehead atoms. The molecule has 0 unspecified atom stereocenters. The molecule has 1 aromatic heterocycles. The van der Waals surface area contributed by atoms with Gasteiger partial charge in [0.15, 0.2) is 10.9 Å². The van der Waals surface area contributed by atoms with Crippen molar-refractivity contribution >= 4 is 17.5 Å². The molecular weight excluding hydrogens is 253 g/mol. The summed E-state index contributed by atoms with van der Waals surface area (Å²) >= 11 is 1.19. The number of Topliss-reactive ketones (excluding diaryl/α,β-unsaturated/α-hetero) is 1. The van der Waals surface area contributed by atoms with Gasteiger partial charge in [-0.1, -0.05) is 6.07 Å². The Balaban J connectivity index is 2.30. The van der Waals surface area contributed by atoms with Crippen LogP contribution in [0.4, 0.5) is 4.39 Å². The lowest BCUT2D eigenvalue weighted by molar-refractivity contribution is 0.101. The minimum absolute atomic E-state index is 0.153. The molecular formula is C12H12FN3OS. The Morgan fingerprint density at radius 2 is 2.11 bits per heavy atom. The van der Waals surface area contributed by atoms with Crippen LogP contribution in [-0.2, 0) is 7.05 Å². The molecule has 0 aliphatic carbocycles. The fourth-order valence-electron chi connectivity index (χ4n) is 1.38. The van der Waals surface area contributed by atoms with E-state index >= 15 is 0 Å². The molecule has 0 atom stereocenters. The Bertz CT molecular complexity index is 609. The third kappa shape index (κ3) is 2.43. The highest BCUT2D eigenvalue weighted by atomic mass is 32.2. The van der Waals surface area contributed by atoms with Crippen molar-refractivity contribution in [3.8, 4) is 0 Å². The number of hydrogen-bond acceptors (Lipinski definition) is 4. The second-order valence-corrected chi connectivity index (χ2v) is 4.90. The lowest BCUT2D eigenvalue weighted by atomic mass is 10.1. The van der Waals surface area contributed by atoms with E-state index in [1.54, 1.807) is 16.7 Å². The predicted molar refractivity (Wildman–Crippen MR) is 66.3 cm³/mol. The first-order valence-corrected chi connectivity index (χ1v) is 6.15. The van der Waals surface area contributed by atoms with E-state index in [9.17, 15) is 9.18 Å². The zero-order valence-corrected chi connectivity index (χ0v) is 11.1. The molecule has 0 amide bonds. The van der Waals surface area contributed by atoms with Crippen molar-refractivity contribution in [3.05, 3.63) is 35.4 Å². The Labute approximate surface area is 108 Å². The minimum Gasteiger partial charge on any atom is -0.309 e. The van der Waals surface area contributed by atoms with Gasteiger partial charge in [-0.05, 0) is 37.7 Å². The van der Waals surface area contributed by atoms with Crippen molar-refractivity contribution in [1.29, 1.82) is 0 Å². The maximum atomic E-state index is 13.8. The van der Waals surface area contributed by atoms with Crippen LogP contribution in [0.2, 0.25) is 0 Å². The first-order chi connectivity index (χ1) is 8.49. The first-order valence-electron chi connectivity index (χ1n) is 5.33. The number of aryl methyl sites for hydroxylation is 1. The summed E-state index contributed by atoms with van der Waals surface area (Å²) in [6.07, 6.45) is 0. The number of carbonyl (C=O) groups is 1. The van der Waals surface area contributed by atoms with Gasteiger partial charge in [-0.15, -0.1) is 10.2 Å². The average molecular weight is 265 g/mol. The van der Waals surface area contributed by atoms with E-state index < -0.39 is 5.82 Å². The van der Waals surface area contributed by atoms with Crippen molar-refractivity contribution in [2.45, 2.75) is 23.9 Å². The summed E-state index contributed by atoms with van der Waals surface area (Å²) in [6.45, 7) is 3.24. The van der Waals surface area contributed by atoms with Gasteiger partial charge in [-0.3, -0.25) is 4.79 Å². The SMILES string of the molecule is CC(=O)c1ccc(Sc2nnc(C)n2C)c(F)c1. The van der Waals surface area contributed by atoms with Crippen LogP contribution >= 0.6 is 11.8 Å². The summed E-state index contributed by atoms with van der Waals surface area (Å²) in [5, 5.41) is 8.47. The van der Waals surface area contributed by atoms with Gasteiger partial charge in [-0.25, -0.2) is 4.39 Å². The van der Waals surface area contributed by atoms with E-state index in [4.69, 9.17) is 0 Å². The van der Waals surface area contributed by atoms with Crippen LogP contribution in [0.25, 0.3) is 0 Å². The van der Waals surface area contributed by atoms with E-state index in [0.29, 0.717) is 15.6 Å². The predicted octanol–water partition coefficient (Wildman–Crippen LogP) is 2.62. The molecule has 0 aliphatic heterocycles. The summed E-state index contributed by atoms with van der Waals surface area (Å²) < 4.78 is 15.6. The molecule has 94 valence electrons. The van der Waals surface area contributed by atoms with Gasteiger partial charge in [0.2, 0.25) is 0 Å². The van der Waals surface area contributed by atoms with E-state index in [2.05, 4.69) is 10.2 Å². The molecule has 1 heterocycles. The summed E-state index contributed by atoms with van der Waals surface area (Å²) in [4.78, 5) is 11.6. The number of benzene rings is 1. The van der Waals surface area contributed by atoms with Crippen LogP contribution in [0.15, 0.2) is 28.3 Å². The molecule has 0 saturated heterocycles. The highest BCUT2D eigenvalue weighted by Crippen LogP contribution is 2.28. The molecule has 0 N–H and O–H groups in total. The van der Waals surface area contributed by atoms with Crippen molar-refractivity contribution in [3.63, 3.8) is 0 Å². The third-order valence-corrected chi connectivity index (χ3v) is 3.68. The highest BCUT2D eigenvalue weighted by molar-refractivity contribution is 7.99. The lowest BCUT2D eigenvalue weighted by Crippen LogP contribution is -1.96. The smallest absolute Gasteiger partial charge is 0.195 e. The fourth-order valence-corrected chi connectivity index (χ4v) is 2.22. The second kappa shape index (κ2) is 4.89. The summed E-state index contributed by atoms with van der Waals surface area (Å²) in [7, 11) is 1.82. The molecule has 4 nitrogen and oxygen atoms in total. The van der Waals surface area contributed by atoms with E-state index in [1.165, 1.54) is 24.8 Å². The van der Waals surface area contributed by atoms with Crippen LogP contribution < -0.4 is 0 Å². The van der Waals surface area contributed by atoms with Gasteiger partial charge < -0.3 is 4.57 Å². The topological polar surface area (TPSA) is 47.8 Å². The molecule has 0 spiro atoms. The van der Waals surface area contributed by atoms with Crippen LogP contribution in [0, 0.1) is 12.7 Å². The van der Waals surface area contributed by atoms with Crippen LogP contribution in [0.1, 0.15) is 23.1 Å². The zero-order valence-electron chi connectivity index (χ0n) is 10.3. The number of aromatic nitrogens is 3. The van der Waals surface area contributed by atoms with E-state index in [-0.39, 0.29) is 5.78 Å². The molecule has 2 rings (SSSR count). The average Bonchev–Trinajstić information content (AvgIpc) is 2.63. The number of nitrogens with zero attached hydrogens (tertiary/aromatic N) is 3. The van der Waals surface area contributed by atoms with Crippen molar-refractivity contribution in [1.82, 2.24) is 14.8 Å². The maximum Gasteiger partial charge on any atom is 0.195 e. The van der Waals surface area contributed by atoms with Crippen molar-refractivity contribution < 1.29 is 9.18 Å². The summed E-state index contributed by atoms with van der Waals surface area (Å²) in [6, 6.07) is 4.44. The monoisotopic (exact) mass is 265 g/mol. The Hall–Kier alpha value is -1.69. The first kappa shape index (κ1) is 12.8. The number of carbonyl (C=O) groups excluding carboxylic acids is 1. The molecule has 0 aliphatic rings. The van der Waals surface area contributed by atoms with Crippen molar-refractivity contribution in [2.24, 2.45) is 7.05 Å². The maximum absolute atomic E-state index is 13.8.